The van der Waals surface area contributed by atoms with Crippen molar-refractivity contribution in [3.63, 3.8) is 0 Å². The van der Waals surface area contributed by atoms with Crippen LogP contribution in [0.2, 0.25) is 0 Å². The first-order valence-corrected chi connectivity index (χ1v) is 5.75. The molecule has 0 bridgehead atoms. The van der Waals surface area contributed by atoms with E-state index in [0.717, 1.165) is 16.8 Å². The van der Waals surface area contributed by atoms with E-state index in [1.54, 1.807) is 10.9 Å². The highest BCUT2D eigenvalue weighted by atomic mass is 16.2. The number of benzene rings is 1. The lowest BCUT2D eigenvalue weighted by molar-refractivity contribution is -0.116. The minimum absolute atomic E-state index is 0.104. The Labute approximate surface area is 106 Å². The quantitative estimate of drug-likeness (QED) is 0.851. The molecule has 0 unspecified atom stereocenters. The van der Waals surface area contributed by atoms with Crippen LogP contribution in [-0.4, -0.2) is 15.7 Å². The number of anilines is 1. The van der Waals surface area contributed by atoms with Crippen LogP contribution in [0.3, 0.4) is 0 Å². The molecule has 0 radical (unpaired) electrons. The fourth-order valence-corrected chi connectivity index (χ4v) is 1.68. The van der Waals surface area contributed by atoms with Crippen molar-refractivity contribution in [2.45, 2.75) is 20.0 Å². The molecule has 2 aromatic rings. The van der Waals surface area contributed by atoms with Gasteiger partial charge >= 0.3 is 0 Å². The average Bonchev–Trinajstić information content (AvgIpc) is 2.74. The SMILES string of the molecule is Cc1cnn(CC(=O)Nc2cccc(CN)c2)c1. The minimum Gasteiger partial charge on any atom is -0.326 e. The fraction of sp³-hybridized carbons (Fsp3) is 0.231. The Morgan fingerprint density at radius 2 is 2.33 bits per heavy atom. The summed E-state index contributed by atoms with van der Waals surface area (Å²) in [6, 6.07) is 7.50. The van der Waals surface area contributed by atoms with Crippen LogP contribution in [-0.2, 0) is 17.9 Å². The van der Waals surface area contributed by atoms with Crippen LogP contribution in [0.15, 0.2) is 36.7 Å². The maximum atomic E-state index is 11.8. The Hall–Kier alpha value is -2.14. The van der Waals surface area contributed by atoms with E-state index >= 15 is 0 Å². The molecule has 94 valence electrons. The smallest absolute Gasteiger partial charge is 0.246 e. The standard InChI is InChI=1S/C13H16N4O/c1-10-7-15-17(8-10)9-13(18)16-12-4-2-3-11(5-12)6-14/h2-5,7-8H,6,9,14H2,1H3,(H,16,18). The first-order valence-electron chi connectivity index (χ1n) is 5.75. The largest absolute Gasteiger partial charge is 0.326 e. The maximum Gasteiger partial charge on any atom is 0.246 e. The number of hydrogen-bond donors (Lipinski definition) is 2. The summed E-state index contributed by atoms with van der Waals surface area (Å²) in [4.78, 5) is 11.8. The Morgan fingerprint density at radius 3 is 3.00 bits per heavy atom. The minimum atomic E-state index is -0.104. The number of hydrogen-bond acceptors (Lipinski definition) is 3. The van der Waals surface area contributed by atoms with Crippen LogP contribution in [0.1, 0.15) is 11.1 Å². The summed E-state index contributed by atoms with van der Waals surface area (Å²) in [5.74, 6) is -0.104. The summed E-state index contributed by atoms with van der Waals surface area (Å²) in [5.41, 5.74) is 8.33. The lowest BCUT2D eigenvalue weighted by atomic mass is 10.2. The van der Waals surface area contributed by atoms with Gasteiger partial charge in [0.15, 0.2) is 0 Å². The molecule has 18 heavy (non-hydrogen) atoms. The molecular formula is C13H16N4O. The predicted molar refractivity (Wildman–Crippen MR) is 69.9 cm³/mol. The van der Waals surface area contributed by atoms with Gasteiger partial charge in [-0.15, -0.1) is 0 Å². The van der Waals surface area contributed by atoms with Crippen LogP contribution < -0.4 is 11.1 Å². The molecular weight excluding hydrogens is 228 g/mol. The lowest BCUT2D eigenvalue weighted by Crippen LogP contribution is -2.19. The molecule has 0 saturated carbocycles. The van der Waals surface area contributed by atoms with E-state index < -0.39 is 0 Å². The number of nitrogens with zero attached hydrogens (tertiary/aromatic N) is 2. The predicted octanol–water partition coefficient (Wildman–Crippen LogP) is 1.29. The van der Waals surface area contributed by atoms with E-state index in [4.69, 9.17) is 5.73 Å². The Morgan fingerprint density at radius 1 is 1.50 bits per heavy atom. The third-order valence-electron chi connectivity index (χ3n) is 2.51. The van der Waals surface area contributed by atoms with E-state index in [9.17, 15) is 4.79 Å². The van der Waals surface area contributed by atoms with Crippen LogP contribution in [0.5, 0.6) is 0 Å². The van der Waals surface area contributed by atoms with Gasteiger partial charge in [-0.1, -0.05) is 12.1 Å². The molecule has 0 atom stereocenters. The molecule has 1 aromatic carbocycles. The van der Waals surface area contributed by atoms with Gasteiger partial charge in [-0.05, 0) is 30.2 Å². The third kappa shape index (κ3) is 3.18. The second-order valence-electron chi connectivity index (χ2n) is 4.17. The zero-order chi connectivity index (χ0) is 13.0. The fourth-order valence-electron chi connectivity index (χ4n) is 1.68. The third-order valence-corrected chi connectivity index (χ3v) is 2.51. The summed E-state index contributed by atoms with van der Waals surface area (Å²) >= 11 is 0. The normalized spacial score (nSPS) is 10.3. The van der Waals surface area contributed by atoms with E-state index in [1.165, 1.54) is 0 Å². The van der Waals surface area contributed by atoms with Crippen LogP contribution >= 0.6 is 0 Å². The first-order chi connectivity index (χ1) is 8.67. The number of rotatable bonds is 4. The van der Waals surface area contributed by atoms with E-state index in [0.29, 0.717) is 6.54 Å². The Bertz CT molecular complexity index is 547. The summed E-state index contributed by atoms with van der Waals surface area (Å²) in [5, 5.41) is 6.89. The van der Waals surface area contributed by atoms with Gasteiger partial charge in [-0.2, -0.15) is 5.10 Å². The van der Waals surface area contributed by atoms with Crippen molar-refractivity contribution < 1.29 is 4.79 Å². The van der Waals surface area contributed by atoms with Gasteiger partial charge in [0.25, 0.3) is 0 Å². The van der Waals surface area contributed by atoms with Crippen LogP contribution in [0.25, 0.3) is 0 Å². The van der Waals surface area contributed by atoms with Crippen molar-refractivity contribution in [3.8, 4) is 0 Å². The summed E-state index contributed by atoms with van der Waals surface area (Å²) in [6.07, 6.45) is 3.55. The van der Waals surface area contributed by atoms with Gasteiger partial charge in [-0.3, -0.25) is 9.48 Å². The molecule has 3 N–H and O–H groups in total. The number of aromatic nitrogens is 2. The topological polar surface area (TPSA) is 72.9 Å². The molecule has 0 aliphatic rings. The lowest BCUT2D eigenvalue weighted by Gasteiger charge is -2.06. The molecule has 1 amide bonds. The molecule has 0 saturated heterocycles. The molecule has 2 rings (SSSR count). The Kier molecular flexibility index (Phi) is 3.74. The average molecular weight is 244 g/mol. The van der Waals surface area contributed by atoms with Gasteiger partial charge in [-0.25, -0.2) is 0 Å². The molecule has 0 aliphatic heterocycles. The van der Waals surface area contributed by atoms with Crippen molar-refractivity contribution in [1.29, 1.82) is 0 Å². The zero-order valence-corrected chi connectivity index (χ0v) is 10.3. The van der Waals surface area contributed by atoms with E-state index in [2.05, 4.69) is 10.4 Å². The number of nitrogens with one attached hydrogen (secondary N) is 1. The van der Waals surface area contributed by atoms with Gasteiger partial charge in [0.2, 0.25) is 5.91 Å². The van der Waals surface area contributed by atoms with Crippen LogP contribution in [0.4, 0.5) is 5.69 Å². The van der Waals surface area contributed by atoms with E-state index in [1.807, 2.05) is 37.4 Å². The number of amides is 1. The summed E-state index contributed by atoms with van der Waals surface area (Å²) < 4.78 is 1.61. The number of carbonyl (C=O) groups is 1. The van der Waals surface area contributed by atoms with Gasteiger partial charge in [0, 0.05) is 18.4 Å². The highest BCUT2D eigenvalue weighted by Crippen LogP contribution is 2.10. The molecule has 1 heterocycles. The van der Waals surface area contributed by atoms with Crippen molar-refractivity contribution in [2.24, 2.45) is 5.73 Å². The highest BCUT2D eigenvalue weighted by molar-refractivity contribution is 5.90. The highest BCUT2D eigenvalue weighted by Gasteiger charge is 2.04. The second-order valence-corrected chi connectivity index (χ2v) is 4.17. The maximum absolute atomic E-state index is 11.8. The van der Waals surface area contributed by atoms with E-state index in [-0.39, 0.29) is 12.5 Å². The van der Waals surface area contributed by atoms with Crippen molar-refractivity contribution >= 4 is 11.6 Å². The zero-order valence-electron chi connectivity index (χ0n) is 10.3. The molecule has 0 fully saturated rings. The van der Waals surface area contributed by atoms with Gasteiger partial charge < -0.3 is 11.1 Å². The molecule has 0 aliphatic carbocycles. The van der Waals surface area contributed by atoms with Crippen molar-refractivity contribution in [2.75, 3.05) is 5.32 Å². The number of nitrogens with two attached hydrogens (primary N) is 1. The summed E-state index contributed by atoms with van der Waals surface area (Å²) in [7, 11) is 0. The molecule has 0 spiro atoms. The summed E-state index contributed by atoms with van der Waals surface area (Å²) in [6.45, 7) is 2.61. The number of aryl methyl sites for hydroxylation is 1. The number of carbonyl (C=O) groups excluding carboxylic acids is 1. The first kappa shape index (κ1) is 12.3. The Balaban J connectivity index is 1.98. The second kappa shape index (κ2) is 5.46. The molecule has 5 heteroatoms. The van der Waals surface area contributed by atoms with Crippen molar-refractivity contribution in [3.05, 3.63) is 47.8 Å². The molecule has 5 nitrogen and oxygen atoms in total. The van der Waals surface area contributed by atoms with Crippen molar-refractivity contribution in [1.82, 2.24) is 9.78 Å². The monoisotopic (exact) mass is 244 g/mol. The van der Waals surface area contributed by atoms with Gasteiger partial charge in [0.05, 0.1) is 6.20 Å². The van der Waals surface area contributed by atoms with Crippen LogP contribution in [0, 0.1) is 6.92 Å². The molecule has 1 aromatic heterocycles. The van der Waals surface area contributed by atoms with Gasteiger partial charge in [0.1, 0.15) is 6.54 Å².